The van der Waals surface area contributed by atoms with E-state index in [-0.39, 0.29) is 11.6 Å². The van der Waals surface area contributed by atoms with E-state index in [9.17, 15) is 15.0 Å². The Morgan fingerprint density at radius 2 is 2.25 bits per heavy atom. The highest BCUT2D eigenvalue weighted by Gasteiger charge is 2.57. The van der Waals surface area contributed by atoms with E-state index in [1.54, 1.807) is 0 Å². The molecule has 0 spiro atoms. The predicted octanol–water partition coefficient (Wildman–Crippen LogP) is -0.0506. The van der Waals surface area contributed by atoms with E-state index < -0.39 is 23.7 Å². The monoisotopic (exact) mass is 279 g/mol. The van der Waals surface area contributed by atoms with Gasteiger partial charge in [-0.2, -0.15) is 0 Å². The first kappa shape index (κ1) is 13.3. The molecule has 0 aromatic carbocycles. The fourth-order valence-corrected chi connectivity index (χ4v) is 3.30. The van der Waals surface area contributed by atoms with Crippen molar-refractivity contribution in [3.8, 4) is 0 Å². The smallest absolute Gasteiger partial charge is 0.358 e. The molecule has 2 saturated carbocycles. The van der Waals surface area contributed by atoms with Crippen molar-refractivity contribution in [2.75, 3.05) is 12.4 Å². The second kappa shape index (κ2) is 4.68. The average Bonchev–Trinajstić information content (AvgIpc) is 2.98. The molecule has 1 aromatic heterocycles. The molecule has 7 heteroatoms. The van der Waals surface area contributed by atoms with Crippen molar-refractivity contribution in [3.05, 3.63) is 18.1 Å². The number of ether oxygens (including phenoxy) is 1. The minimum absolute atomic E-state index is 0.131. The second-order valence-electron chi connectivity index (χ2n) is 5.50. The summed E-state index contributed by atoms with van der Waals surface area (Å²) in [6.45, 7) is 0. The van der Waals surface area contributed by atoms with Crippen molar-refractivity contribution < 1.29 is 19.7 Å². The number of nitrogens with one attached hydrogen (secondary N) is 1. The van der Waals surface area contributed by atoms with Crippen LogP contribution in [-0.2, 0) is 4.74 Å². The Hall–Kier alpha value is -1.73. The Labute approximate surface area is 116 Å². The van der Waals surface area contributed by atoms with Gasteiger partial charge in [0.2, 0.25) is 0 Å². The third-order valence-electron chi connectivity index (χ3n) is 4.38. The van der Waals surface area contributed by atoms with Crippen molar-refractivity contribution in [1.29, 1.82) is 0 Å². The topological polar surface area (TPSA) is 105 Å². The van der Waals surface area contributed by atoms with E-state index in [1.165, 1.54) is 19.5 Å². The molecule has 20 heavy (non-hydrogen) atoms. The number of hydrogen-bond donors (Lipinski definition) is 3. The maximum absolute atomic E-state index is 11.3. The number of rotatable bonds is 3. The van der Waals surface area contributed by atoms with Gasteiger partial charge >= 0.3 is 5.97 Å². The molecule has 1 aromatic rings. The zero-order valence-electron chi connectivity index (χ0n) is 11.1. The first-order chi connectivity index (χ1) is 9.55. The summed E-state index contributed by atoms with van der Waals surface area (Å²) in [5.41, 5.74) is -0.405. The standard InChI is InChI=1S/C13H17N3O4/c1-20-12(19)8-5-15-9(6-14-8)16-13-3-2-7(4-13)10(17)11(13)18/h5-7,10-11,17-18H,2-4H2,1H3,(H,15,16)/t7?,10-,11-,13?/m0/s1. The van der Waals surface area contributed by atoms with E-state index >= 15 is 0 Å². The first-order valence-corrected chi connectivity index (χ1v) is 6.60. The van der Waals surface area contributed by atoms with Crippen LogP contribution in [0.3, 0.4) is 0 Å². The summed E-state index contributed by atoms with van der Waals surface area (Å²) in [6.07, 6.45) is 3.67. The number of aliphatic hydroxyl groups is 2. The summed E-state index contributed by atoms with van der Waals surface area (Å²) in [5.74, 6) is 0.0747. The van der Waals surface area contributed by atoms with Crippen LogP contribution in [0.25, 0.3) is 0 Å². The first-order valence-electron chi connectivity index (χ1n) is 6.60. The van der Waals surface area contributed by atoms with Crippen molar-refractivity contribution in [3.63, 3.8) is 0 Å². The minimum atomic E-state index is -0.802. The van der Waals surface area contributed by atoms with Gasteiger partial charge in [0.1, 0.15) is 11.9 Å². The highest BCUT2D eigenvalue weighted by Crippen LogP contribution is 2.49. The van der Waals surface area contributed by atoms with Crippen LogP contribution in [0.4, 0.5) is 5.82 Å². The summed E-state index contributed by atoms with van der Waals surface area (Å²) in [4.78, 5) is 19.4. The molecule has 0 saturated heterocycles. The average molecular weight is 279 g/mol. The SMILES string of the molecule is COC(=O)c1cnc(NC23CCC(C2)[C@H](O)[C@@H]3O)cn1. The van der Waals surface area contributed by atoms with Crippen LogP contribution in [0.1, 0.15) is 29.8 Å². The van der Waals surface area contributed by atoms with Crippen LogP contribution >= 0.6 is 0 Å². The zero-order chi connectivity index (χ0) is 14.3. The van der Waals surface area contributed by atoms with Gasteiger partial charge in [-0.1, -0.05) is 0 Å². The number of hydrogen-bond acceptors (Lipinski definition) is 7. The predicted molar refractivity (Wildman–Crippen MR) is 69.1 cm³/mol. The lowest BCUT2D eigenvalue weighted by molar-refractivity contribution is -0.0198. The molecule has 4 atom stereocenters. The highest BCUT2D eigenvalue weighted by molar-refractivity contribution is 5.86. The van der Waals surface area contributed by atoms with Crippen molar-refractivity contribution in [2.45, 2.75) is 37.0 Å². The number of aliphatic hydroxyl groups excluding tert-OH is 2. The number of carbonyl (C=O) groups excluding carboxylic acids is 1. The van der Waals surface area contributed by atoms with Gasteiger partial charge in [-0.3, -0.25) is 0 Å². The zero-order valence-corrected chi connectivity index (χ0v) is 11.1. The Morgan fingerprint density at radius 1 is 1.45 bits per heavy atom. The number of carbonyl (C=O) groups is 1. The quantitative estimate of drug-likeness (QED) is 0.666. The van der Waals surface area contributed by atoms with Gasteiger partial charge in [-0.25, -0.2) is 14.8 Å². The minimum Gasteiger partial charge on any atom is -0.464 e. The molecule has 3 rings (SSSR count). The van der Waals surface area contributed by atoms with Crippen molar-refractivity contribution >= 4 is 11.8 Å². The van der Waals surface area contributed by atoms with Crippen LogP contribution < -0.4 is 5.32 Å². The molecule has 2 fully saturated rings. The maximum atomic E-state index is 11.3. The molecule has 3 N–H and O–H groups in total. The van der Waals surface area contributed by atoms with Crippen LogP contribution in [0.15, 0.2) is 12.4 Å². The maximum Gasteiger partial charge on any atom is 0.358 e. The Bertz CT molecular complexity index is 521. The second-order valence-corrected chi connectivity index (χ2v) is 5.50. The van der Waals surface area contributed by atoms with Gasteiger partial charge in [-0.05, 0) is 25.2 Å². The van der Waals surface area contributed by atoms with E-state index in [0.29, 0.717) is 5.82 Å². The number of nitrogens with zero attached hydrogens (tertiary/aromatic N) is 2. The van der Waals surface area contributed by atoms with Gasteiger partial charge in [0.15, 0.2) is 5.69 Å². The number of methoxy groups -OCH3 is 1. The molecule has 108 valence electrons. The summed E-state index contributed by atoms with van der Waals surface area (Å²) < 4.78 is 4.55. The molecule has 7 nitrogen and oxygen atoms in total. The van der Waals surface area contributed by atoms with Gasteiger partial charge in [0.25, 0.3) is 0 Å². The molecule has 2 bridgehead atoms. The summed E-state index contributed by atoms with van der Waals surface area (Å²) in [6, 6.07) is 0. The molecular weight excluding hydrogens is 262 g/mol. The molecule has 0 amide bonds. The van der Waals surface area contributed by atoms with Gasteiger partial charge in [0, 0.05) is 0 Å². The lowest BCUT2D eigenvalue weighted by atomic mass is 9.89. The molecule has 2 unspecified atom stereocenters. The largest absolute Gasteiger partial charge is 0.464 e. The third kappa shape index (κ3) is 1.94. The molecule has 0 aliphatic heterocycles. The third-order valence-corrected chi connectivity index (χ3v) is 4.38. The lowest BCUT2D eigenvalue weighted by Gasteiger charge is -2.34. The molecule has 1 heterocycles. The molecule has 0 radical (unpaired) electrons. The number of anilines is 1. The van der Waals surface area contributed by atoms with Crippen LogP contribution in [0.5, 0.6) is 0 Å². The summed E-state index contributed by atoms with van der Waals surface area (Å²) >= 11 is 0. The van der Waals surface area contributed by atoms with Gasteiger partial charge in [0.05, 0.1) is 31.1 Å². The normalized spacial score (nSPS) is 35.0. The van der Waals surface area contributed by atoms with E-state index in [0.717, 1.165) is 19.3 Å². The van der Waals surface area contributed by atoms with E-state index in [2.05, 4.69) is 20.0 Å². The fourth-order valence-electron chi connectivity index (χ4n) is 3.30. The summed E-state index contributed by atoms with van der Waals surface area (Å²) in [5, 5.41) is 23.2. The fraction of sp³-hybridized carbons (Fsp3) is 0.615. The molecular formula is C13H17N3O4. The number of fused-ring (bicyclic) bond motifs is 2. The highest BCUT2D eigenvalue weighted by atomic mass is 16.5. The van der Waals surface area contributed by atoms with Crippen molar-refractivity contribution in [1.82, 2.24) is 9.97 Å². The van der Waals surface area contributed by atoms with Gasteiger partial charge in [-0.15, -0.1) is 0 Å². The van der Waals surface area contributed by atoms with Crippen LogP contribution in [0.2, 0.25) is 0 Å². The Balaban J connectivity index is 1.77. The van der Waals surface area contributed by atoms with Crippen LogP contribution in [0, 0.1) is 5.92 Å². The Morgan fingerprint density at radius 3 is 2.80 bits per heavy atom. The van der Waals surface area contributed by atoms with Crippen LogP contribution in [-0.4, -0.2) is 51.0 Å². The lowest BCUT2D eigenvalue weighted by Crippen LogP contribution is -2.49. The van der Waals surface area contributed by atoms with E-state index in [1.807, 2.05) is 0 Å². The number of esters is 1. The molecule has 2 aliphatic carbocycles. The molecule has 2 aliphatic rings. The Kier molecular flexibility index (Phi) is 3.10. The van der Waals surface area contributed by atoms with E-state index in [4.69, 9.17) is 0 Å². The summed E-state index contributed by atoms with van der Waals surface area (Å²) in [7, 11) is 1.28. The number of aromatic nitrogens is 2. The van der Waals surface area contributed by atoms with Gasteiger partial charge < -0.3 is 20.3 Å². The van der Waals surface area contributed by atoms with Crippen molar-refractivity contribution in [2.24, 2.45) is 5.92 Å².